The number of hydrogen-bond donors (Lipinski definition) is 2. The van der Waals surface area contributed by atoms with Crippen molar-refractivity contribution in [3.63, 3.8) is 0 Å². The number of nitrogen functional groups attached to an aromatic ring is 1. The normalized spacial score (nSPS) is 18.6. The maximum Gasteiger partial charge on any atom is 0.203 e. The van der Waals surface area contributed by atoms with Crippen molar-refractivity contribution in [2.24, 2.45) is 5.92 Å². The average molecular weight is 230 g/mol. The van der Waals surface area contributed by atoms with Crippen LogP contribution in [-0.2, 0) is 0 Å². The first-order valence-corrected chi connectivity index (χ1v) is 6.57. The molecule has 1 aliphatic heterocycles. The fourth-order valence-corrected chi connectivity index (χ4v) is 3.36. The largest absolute Gasteiger partial charge is 0.374 e. The van der Waals surface area contributed by atoms with E-state index < -0.39 is 0 Å². The lowest BCUT2D eigenvalue weighted by molar-refractivity contribution is 0.408. The van der Waals surface area contributed by atoms with Gasteiger partial charge in [-0.15, -0.1) is 10.2 Å². The Morgan fingerprint density at radius 3 is 2.86 bits per heavy atom. The smallest absolute Gasteiger partial charge is 0.203 e. The highest BCUT2D eigenvalue weighted by atomic mass is 32.2. The molecule has 2 rings (SSSR count). The van der Waals surface area contributed by atoms with Crippen molar-refractivity contribution >= 4 is 28.2 Å². The molecule has 3 N–H and O–H groups in total. The minimum absolute atomic E-state index is 0.567. The number of nitrogens with two attached hydrogens (primary N) is 1. The van der Waals surface area contributed by atoms with Gasteiger partial charge in [0.25, 0.3) is 0 Å². The minimum Gasteiger partial charge on any atom is -0.374 e. The van der Waals surface area contributed by atoms with Gasteiger partial charge in [0.1, 0.15) is 0 Å². The van der Waals surface area contributed by atoms with Crippen LogP contribution in [0.5, 0.6) is 0 Å². The van der Waals surface area contributed by atoms with Crippen molar-refractivity contribution in [1.82, 2.24) is 15.5 Å². The summed E-state index contributed by atoms with van der Waals surface area (Å²) >= 11 is 3.26. The zero-order valence-electron chi connectivity index (χ0n) is 7.90. The Bertz CT molecular complexity index is 283. The second kappa shape index (κ2) is 4.95. The van der Waals surface area contributed by atoms with Gasteiger partial charge in [0.05, 0.1) is 0 Å². The maximum atomic E-state index is 5.51. The molecule has 0 unspecified atom stereocenters. The molecule has 1 aromatic heterocycles. The van der Waals surface area contributed by atoms with E-state index in [9.17, 15) is 0 Å². The monoisotopic (exact) mass is 230 g/mol. The van der Waals surface area contributed by atoms with Crippen LogP contribution >= 0.6 is 23.1 Å². The Hall–Kier alpha value is -0.330. The molecule has 14 heavy (non-hydrogen) atoms. The van der Waals surface area contributed by atoms with Gasteiger partial charge in [-0.25, -0.2) is 0 Å². The molecule has 2 heterocycles. The summed E-state index contributed by atoms with van der Waals surface area (Å²) in [5.74, 6) is 1.97. The fourth-order valence-electron chi connectivity index (χ4n) is 1.52. The zero-order chi connectivity index (χ0) is 9.80. The van der Waals surface area contributed by atoms with Gasteiger partial charge in [0.2, 0.25) is 5.13 Å². The van der Waals surface area contributed by atoms with Crippen LogP contribution in [0.2, 0.25) is 0 Å². The average Bonchev–Trinajstić information content (AvgIpc) is 2.63. The topological polar surface area (TPSA) is 63.8 Å². The van der Waals surface area contributed by atoms with Gasteiger partial charge in [0, 0.05) is 5.75 Å². The lowest BCUT2D eigenvalue weighted by Crippen LogP contribution is -2.28. The number of nitrogens with zero attached hydrogens (tertiary/aromatic N) is 2. The summed E-state index contributed by atoms with van der Waals surface area (Å²) in [7, 11) is 0. The van der Waals surface area contributed by atoms with E-state index in [1.165, 1.54) is 24.2 Å². The van der Waals surface area contributed by atoms with Crippen molar-refractivity contribution in [2.75, 3.05) is 24.6 Å². The number of aromatic nitrogens is 2. The quantitative estimate of drug-likeness (QED) is 0.764. The maximum absolute atomic E-state index is 5.51. The molecule has 0 radical (unpaired) electrons. The number of hydrogen-bond acceptors (Lipinski definition) is 6. The van der Waals surface area contributed by atoms with Crippen LogP contribution in [0.3, 0.4) is 0 Å². The van der Waals surface area contributed by atoms with E-state index in [0.29, 0.717) is 5.13 Å². The molecule has 0 spiro atoms. The SMILES string of the molecule is Nc1nnc(SCC2CCNCC2)s1. The molecule has 0 amide bonds. The second-order valence-corrected chi connectivity index (χ2v) is 5.69. The van der Waals surface area contributed by atoms with Gasteiger partial charge in [0.15, 0.2) is 4.34 Å². The molecule has 0 aliphatic carbocycles. The van der Waals surface area contributed by atoms with Crippen LogP contribution in [0, 0.1) is 5.92 Å². The zero-order valence-corrected chi connectivity index (χ0v) is 9.53. The van der Waals surface area contributed by atoms with Crippen molar-refractivity contribution in [3.05, 3.63) is 0 Å². The van der Waals surface area contributed by atoms with Gasteiger partial charge >= 0.3 is 0 Å². The van der Waals surface area contributed by atoms with Crippen molar-refractivity contribution < 1.29 is 0 Å². The Labute approximate surface area is 91.7 Å². The number of piperidine rings is 1. The molecule has 6 heteroatoms. The highest BCUT2D eigenvalue weighted by Gasteiger charge is 2.14. The van der Waals surface area contributed by atoms with Crippen LogP contribution in [0.1, 0.15) is 12.8 Å². The van der Waals surface area contributed by atoms with Crippen LogP contribution in [0.25, 0.3) is 0 Å². The molecular formula is C8H14N4S2. The Balaban J connectivity index is 1.76. The summed E-state index contributed by atoms with van der Waals surface area (Å²) in [6.07, 6.45) is 2.56. The summed E-state index contributed by atoms with van der Waals surface area (Å²) < 4.78 is 1.00. The number of anilines is 1. The lowest BCUT2D eigenvalue weighted by Gasteiger charge is -2.21. The first kappa shape index (κ1) is 10.2. The molecule has 0 saturated carbocycles. The molecule has 78 valence electrons. The lowest BCUT2D eigenvalue weighted by atomic mass is 10.0. The highest BCUT2D eigenvalue weighted by Crippen LogP contribution is 2.27. The van der Waals surface area contributed by atoms with E-state index in [4.69, 9.17) is 5.73 Å². The predicted molar refractivity (Wildman–Crippen MR) is 60.6 cm³/mol. The molecule has 0 aromatic carbocycles. The Kier molecular flexibility index (Phi) is 3.61. The third-order valence-corrected chi connectivity index (χ3v) is 4.44. The van der Waals surface area contributed by atoms with Crippen LogP contribution in [-0.4, -0.2) is 29.0 Å². The second-order valence-electron chi connectivity index (χ2n) is 3.41. The molecule has 1 saturated heterocycles. The van der Waals surface area contributed by atoms with Crippen molar-refractivity contribution in [1.29, 1.82) is 0 Å². The van der Waals surface area contributed by atoms with Crippen molar-refractivity contribution in [3.8, 4) is 0 Å². The molecule has 0 bridgehead atoms. The summed E-state index contributed by atoms with van der Waals surface area (Å²) in [6, 6.07) is 0. The van der Waals surface area contributed by atoms with E-state index in [0.717, 1.165) is 29.1 Å². The van der Waals surface area contributed by atoms with Crippen molar-refractivity contribution in [2.45, 2.75) is 17.2 Å². The van der Waals surface area contributed by atoms with Gasteiger partial charge in [-0.05, 0) is 31.8 Å². The standard InChI is InChI=1S/C8H14N4S2/c9-7-11-12-8(14-7)13-5-6-1-3-10-4-2-6/h6,10H,1-5H2,(H2,9,11). The molecule has 4 nitrogen and oxygen atoms in total. The minimum atomic E-state index is 0.567. The number of rotatable bonds is 3. The van der Waals surface area contributed by atoms with E-state index in [-0.39, 0.29) is 0 Å². The number of thioether (sulfide) groups is 1. The first-order chi connectivity index (χ1) is 6.84. The van der Waals surface area contributed by atoms with E-state index in [1.54, 1.807) is 11.8 Å². The third kappa shape index (κ3) is 2.83. The molecular weight excluding hydrogens is 216 g/mol. The number of nitrogens with one attached hydrogen (secondary N) is 1. The van der Waals surface area contributed by atoms with E-state index in [1.807, 2.05) is 0 Å². The molecule has 0 atom stereocenters. The van der Waals surface area contributed by atoms with Crippen LogP contribution in [0.15, 0.2) is 4.34 Å². The summed E-state index contributed by atoms with van der Waals surface area (Å²) in [5.41, 5.74) is 5.51. The summed E-state index contributed by atoms with van der Waals surface area (Å²) in [6.45, 7) is 2.31. The van der Waals surface area contributed by atoms with Gasteiger partial charge in [-0.2, -0.15) is 0 Å². The Morgan fingerprint density at radius 2 is 2.21 bits per heavy atom. The fraction of sp³-hybridized carbons (Fsp3) is 0.750. The van der Waals surface area contributed by atoms with Crippen LogP contribution in [0.4, 0.5) is 5.13 Å². The summed E-state index contributed by atoms with van der Waals surface area (Å²) in [4.78, 5) is 0. The third-order valence-electron chi connectivity index (χ3n) is 2.32. The van der Waals surface area contributed by atoms with Gasteiger partial charge in [-0.1, -0.05) is 23.1 Å². The van der Waals surface area contributed by atoms with E-state index in [2.05, 4.69) is 15.5 Å². The van der Waals surface area contributed by atoms with E-state index >= 15 is 0 Å². The van der Waals surface area contributed by atoms with Gasteiger partial charge in [-0.3, -0.25) is 0 Å². The molecule has 1 fully saturated rings. The first-order valence-electron chi connectivity index (χ1n) is 4.77. The molecule has 1 aliphatic rings. The predicted octanol–water partition coefficient (Wildman–Crippen LogP) is 1.21. The van der Waals surface area contributed by atoms with Crippen LogP contribution < -0.4 is 11.1 Å². The highest BCUT2D eigenvalue weighted by molar-refractivity contribution is 8.01. The molecule has 1 aromatic rings. The Morgan fingerprint density at radius 1 is 1.43 bits per heavy atom. The summed E-state index contributed by atoms with van der Waals surface area (Å²) in [5, 5.41) is 11.7. The van der Waals surface area contributed by atoms with Gasteiger partial charge < -0.3 is 11.1 Å².